The minimum atomic E-state index is -4.71. The van der Waals surface area contributed by atoms with Crippen LogP contribution in [0.2, 0.25) is 0 Å². The molecule has 0 saturated carbocycles. The first-order valence-electron chi connectivity index (χ1n) is 3.82. The van der Waals surface area contributed by atoms with Crippen molar-refractivity contribution in [2.24, 2.45) is 0 Å². The van der Waals surface area contributed by atoms with Crippen molar-refractivity contribution in [1.29, 1.82) is 0 Å². The van der Waals surface area contributed by atoms with Gasteiger partial charge < -0.3 is 0 Å². The quantitative estimate of drug-likeness (QED) is 0.628. The van der Waals surface area contributed by atoms with Gasteiger partial charge in [-0.1, -0.05) is 6.92 Å². The van der Waals surface area contributed by atoms with Crippen LogP contribution in [0.5, 0.6) is 0 Å². The molecule has 0 spiro atoms. The Kier molecular flexibility index (Phi) is 5.35. The fraction of sp³-hybridized carbons (Fsp3) is 0.250. The van der Waals surface area contributed by atoms with E-state index in [0.717, 1.165) is 6.07 Å². The Hall–Kier alpha value is -0.0100. The van der Waals surface area contributed by atoms with E-state index in [1.54, 1.807) is 0 Å². The molecule has 80 valence electrons. The standard InChI is InChI=1S/C8H8F2O3S.Na.H/c1-2-5-6(9)3-4-7(10)8(5)14(11,12)13;;/h3-4H,2H2,1H3,(H,11,12,13);;. The van der Waals surface area contributed by atoms with Crippen molar-refractivity contribution >= 4 is 39.7 Å². The summed E-state index contributed by atoms with van der Waals surface area (Å²) in [5.41, 5.74) is -0.340. The average Bonchev–Trinajstić information content (AvgIpc) is 2.06. The maximum atomic E-state index is 13.0. The van der Waals surface area contributed by atoms with Gasteiger partial charge in [-0.15, -0.1) is 0 Å². The Morgan fingerprint density at radius 3 is 2.07 bits per heavy atom. The molecule has 0 fully saturated rings. The van der Waals surface area contributed by atoms with E-state index >= 15 is 0 Å². The van der Waals surface area contributed by atoms with E-state index in [2.05, 4.69) is 0 Å². The molecule has 1 rings (SSSR count). The summed E-state index contributed by atoms with van der Waals surface area (Å²) < 4.78 is 56.2. The molecule has 1 N–H and O–H groups in total. The average molecular weight is 246 g/mol. The first-order chi connectivity index (χ1) is 6.38. The fourth-order valence-electron chi connectivity index (χ4n) is 1.18. The van der Waals surface area contributed by atoms with E-state index in [-0.39, 0.29) is 41.5 Å². The molecule has 1 aromatic rings. The molecule has 1 aromatic carbocycles. The van der Waals surface area contributed by atoms with Gasteiger partial charge in [0.2, 0.25) is 0 Å². The molecule has 3 nitrogen and oxygen atoms in total. The van der Waals surface area contributed by atoms with Gasteiger partial charge in [0.25, 0.3) is 10.1 Å². The molecule has 0 atom stereocenters. The van der Waals surface area contributed by atoms with Crippen molar-refractivity contribution in [2.45, 2.75) is 18.2 Å². The normalized spacial score (nSPS) is 10.9. The Balaban J connectivity index is 0.00000196. The van der Waals surface area contributed by atoms with Crippen molar-refractivity contribution in [3.05, 3.63) is 29.3 Å². The van der Waals surface area contributed by atoms with Crippen LogP contribution in [0.1, 0.15) is 12.5 Å². The molecule has 0 heterocycles. The molecular weight excluding hydrogens is 237 g/mol. The van der Waals surface area contributed by atoms with Crippen LogP contribution in [-0.2, 0) is 16.5 Å². The van der Waals surface area contributed by atoms with E-state index in [9.17, 15) is 17.2 Å². The van der Waals surface area contributed by atoms with Gasteiger partial charge in [0, 0.05) is 5.56 Å². The SMILES string of the molecule is CCc1c(F)ccc(F)c1S(=O)(=O)O.[NaH]. The van der Waals surface area contributed by atoms with Crippen molar-refractivity contribution in [1.82, 2.24) is 0 Å². The molecule has 0 saturated heterocycles. The number of hydrogen-bond acceptors (Lipinski definition) is 2. The van der Waals surface area contributed by atoms with Crippen LogP contribution in [0, 0.1) is 11.6 Å². The Morgan fingerprint density at radius 1 is 1.27 bits per heavy atom. The Labute approximate surface area is 109 Å². The van der Waals surface area contributed by atoms with Gasteiger partial charge in [-0.2, -0.15) is 8.42 Å². The fourth-order valence-corrected chi connectivity index (χ4v) is 2.05. The molecule has 0 aliphatic carbocycles. The zero-order valence-corrected chi connectivity index (χ0v) is 8.11. The van der Waals surface area contributed by atoms with Gasteiger partial charge in [-0.25, -0.2) is 8.78 Å². The van der Waals surface area contributed by atoms with Crippen molar-refractivity contribution < 1.29 is 21.8 Å². The van der Waals surface area contributed by atoms with Crippen LogP contribution in [0.15, 0.2) is 17.0 Å². The third-order valence-electron chi connectivity index (χ3n) is 1.77. The summed E-state index contributed by atoms with van der Waals surface area (Å²) in [5, 5.41) is 0. The monoisotopic (exact) mass is 246 g/mol. The van der Waals surface area contributed by atoms with Crippen LogP contribution in [0.25, 0.3) is 0 Å². The van der Waals surface area contributed by atoms with Crippen molar-refractivity contribution in [2.75, 3.05) is 0 Å². The Morgan fingerprint density at radius 2 is 1.73 bits per heavy atom. The summed E-state index contributed by atoms with van der Waals surface area (Å²) >= 11 is 0. The molecule has 0 amide bonds. The van der Waals surface area contributed by atoms with Gasteiger partial charge >= 0.3 is 29.6 Å². The summed E-state index contributed by atoms with van der Waals surface area (Å²) in [5.74, 6) is -1.99. The molecule has 0 aliphatic rings. The first kappa shape index (κ1) is 15.0. The maximum absolute atomic E-state index is 13.0. The molecular formula is C8H9F2NaO3S. The number of hydrogen-bond donors (Lipinski definition) is 1. The minimum absolute atomic E-state index is 0. The number of benzene rings is 1. The summed E-state index contributed by atoms with van der Waals surface area (Å²) in [6.45, 7) is 1.46. The molecule has 0 radical (unpaired) electrons. The van der Waals surface area contributed by atoms with E-state index in [0.29, 0.717) is 6.07 Å². The predicted molar refractivity (Wildman–Crippen MR) is 52.7 cm³/mol. The second-order valence-electron chi connectivity index (χ2n) is 2.67. The van der Waals surface area contributed by atoms with Crippen LogP contribution in [0.4, 0.5) is 8.78 Å². The second-order valence-corrected chi connectivity index (χ2v) is 4.02. The van der Waals surface area contributed by atoms with Crippen LogP contribution >= 0.6 is 0 Å². The molecule has 0 unspecified atom stereocenters. The van der Waals surface area contributed by atoms with Crippen LogP contribution in [-0.4, -0.2) is 42.5 Å². The number of halogens is 2. The summed E-state index contributed by atoms with van der Waals surface area (Å²) in [4.78, 5) is -0.972. The van der Waals surface area contributed by atoms with E-state index in [1.165, 1.54) is 6.92 Å². The van der Waals surface area contributed by atoms with Gasteiger partial charge in [-0.3, -0.25) is 4.55 Å². The van der Waals surface area contributed by atoms with Crippen molar-refractivity contribution in [3.63, 3.8) is 0 Å². The van der Waals surface area contributed by atoms with Crippen LogP contribution in [0.3, 0.4) is 0 Å². The third kappa shape index (κ3) is 3.22. The van der Waals surface area contributed by atoms with Gasteiger partial charge in [0.15, 0.2) is 0 Å². The second kappa shape index (κ2) is 5.36. The molecule has 0 aliphatic heterocycles. The van der Waals surface area contributed by atoms with E-state index < -0.39 is 26.6 Å². The van der Waals surface area contributed by atoms with Crippen molar-refractivity contribution in [3.8, 4) is 0 Å². The van der Waals surface area contributed by atoms with E-state index in [1.807, 2.05) is 0 Å². The third-order valence-corrected chi connectivity index (χ3v) is 2.72. The molecule has 0 aromatic heterocycles. The summed E-state index contributed by atoms with van der Waals surface area (Å²) in [7, 11) is -4.71. The summed E-state index contributed by atoms with van der Waals surface area (Å²) in [6.07, 6.45) is -0.0152. The van der Waals surface area contributed by atoms with Gasteiger partial charge in [0.1, 0.15) is 16.5 Å². The zero-order valence-electron chi connectivity index (χ0n) is 7.29. The molecule has 15 heavy (non-hydrogen) atoms. The first-order valence-corrected chi connectivity index (χ1v) is 5.26. The zero-order chi connectivity index (χ0) is 10.9. The Bertz CT molecular complexity index is 459. The topological polar surface area (TPSA) is 54.4 Å². The molecule has 7 heteroatoms. The van der Waals surface area contributed by atoms with Gasteiger partial charge in [0.05, 0.1) is 0 Å². The van der Waals surface area contributed by atoms with E-state index in [4.69, 9.17) is 4.55 Å². The van der Waals surface area contributed by atoms with Crippen LogP contribution < -0.4 is 0 Å². The predicted octanol–water partition coefficient (Wildman–Crippen LogP) is 1.13. The summed E-state index contributed by atoms with van der Waals surface area (Å²) in [6, 6.07) is 1.49. The molecule has 0 bridgehead atoms. The number of rotatable bonds is 2. The van der Waals surface area contributed by atoms with Gasteiger partial charge in [-0.05, 0) is 18.6 Å².